The van der Waals surface area contributed by atoms with Crippen molar-refractivity contribution in [2.75, 3.05) is 5.75 Å². The van der Waals surface area contributed by atoms with Crippen LogP contribution in [0.5, 0.6) is 0 Å². The minimum absolute atomic E-state index is 0.0325. The van der Waals surface area contributed by atoms with Gasteiger partial charge in [-0.1, -0.05) is 0 Å². The van der Waals surface area contributed by atoms with Crippen LogP contribution < -0.4 is 0 Å². The highest BCUT2D eigenvalue weighted by molar-refractivity contribution is 8.00. The van der Waals surface area contributed by atoms with Gasteiger partial charge < -0.3 is 4.57 Å². The lowest BCUT2D eigenvalue weighted by atomic mass is 10.1. The van der Waals surface area contributed by atoms with Crippen molar-refractivity contribution in [3.05, 3.63) is 24.0 Å². The van der Waals surface area contributed by atoms with Gasteiger partial charge in [-0.25, -0.2) is 0 Å². The standard InChI is InChI=1S/C11H12F3NOS/c12-11(13,14)17-6-5-15-4-3-9(7-15)10(16)8-1-2-8/h3-4,7-8H,1-2,5-6H2. The lowest BCUT2D eigenvalue weighted by Crippen LogP contribution is -2.06. The highest BCUT2D eigenvalue weighted by Crippen LogP contribution is 2.33. The number of aryl methyl sites for hydroxylation is 1. The van der Waals surface area contributed by atoms with Gasteiger partial charge in [-0.3, -0.25) is 4.79 Å². The van der Waals surface area contributed by atoms with Gasteiger partial charge in [-0.05, 0) is 30.7 Å². The SMILES string of the molecule is O=C(c1ccn(CCSC(F)(F)F)c1)C1CC1. The Morgan fingerprint density at radius 2 is 2.18 bits per heavy atom. The number of ketones is 1. The van der Waals surface area contributed by atoms with Crippen LogP contribution in [0.4, 0.5) is 13.2 Å². The average molecular weight is 263 g/mol. The minimum Gasteiger partial charge on any atom is -0.353 e. The van der Waals surface area contributed by atoms with Crippen molar-refractivity contribution in [2.24, 2.45) is 5.92 Å². The van der Waals surface area contributed by atoms with Gasteiger partial charge >= 0.3 is 5.51 Å². The molecule has 0 radical (unpaired) electrons. The zero-order valence-corrected chi connectivity index (χ0v) is 9.85. The van der Waals surface area contributed by atoms with Crippen molar-refractivity contribution in [1.29, 1.82) is 0 Å². The number of carbonyl (C=O) groups excluding carboxylic acids is 1. The van der Waals surface area contributed by atoms with Gasteiger partial charge in [0.1, 0.15) is 0 Å². The maximum atomic E-state index is 11.9. The molecule has 1 aromatic rings. The molecule has 0 N–H and O–H groups in total. The second kappa shape index (κ2) is 4.76. The smallest absolute Gasteiger partial charge is 0.353 e. The zero-order chi connectivity index (χ0) is 12.5. The first-order valence-corrected chi connectivity index (χ1v) is 6.35. The highest BCUT2D eigenvalue weighted by atomic mass is 32.2. The summed E-state index contributed by atoms with van der Waals surface area (Å²) in [7, 11) is 0. The molecule has 0 aliphatic heterocycles. The van der Waals surface area contributed by atoms with Crippen LogP contribution in [0.3, 0.4) is 0 Å². The van der Waals surface area contributed by atoms with E-state index in [0.717, 1.165) is 12.8 Å². The molecule has 2 rings (SSSR count). The molecule has 17 heavy (non-hydrogen) atoms. The summed E-state index contributed by atoms with van der Waals surface area (Å²) < 4.78 is 37.3. The quantitative estimate of drug-likeness (QED) is 0.760. The Kier molecular flexibility index (Phi) is 3.51. The zero-order valence-electron chi connectivity index (χ0n) is 9.04. The van der Waals surface area contributed by atoms with Crippen LogP contribution in [0.15, 0.2) is 18.5 Å². The first kappa shape index (κ1) is 12.5. The van der Waals surface area contributed by atoms with Crippen molar-refractivity contribution in [3.63, 3.8) is 0 Å². The number of aromatic nitrogens is 1. The summed E-state index contributed by atoms with van der Waals surface area (Å²) in [5, 5.41) is 0. The molecule has 6 heteroatoms. The number of alkyl halides is 3. The molecule has 0 unspecified atom stereocenters. The van der Waals surface area contributed by atoms with Gasteiger partial charge in [0.15, 0.2) is 5.78 Å². The van der Waals surface area contributed by atoms with Crippen LogP contribution in [0.1, 0.15) is 23.2 Å². The van der Waals surface area contributed by atoms with Crippen LogP contribution in [-0.2, 0) is 6.54 Å². The number of rotatable bonds is 5. The number of Topliss-reactive ketones (excluding diaryl/α,β-unsaturated/α-hetero) is 1. The van der Waals surface area contributed by atoms with Crippen molar-refractivity contribution in [2.45, 2.75) is 24.9 Å². The summed E-state index contributed by atoms with van der Waals surface area (Å²) >= 11 is -0.0411. The van der Waals surface area contributed by atoms with E-state index >= 15 is 0 Å². The molecule has 0 amide bonds. The van der Waals surface area contributed by atoms with Crippen LogP contribution in [0, 0.1) is 5.92 Å². The van der Waals surface area contributed by atoms with Crippen molar-refractivity contribution in [3.8, 4) is 0 Å². The van der Waals surface area contributed by atoms with Crippen molar-refractivity contribution in [1.82, 2.24) is 4.57 Å². The third-order valence-corrected chi connectivity index (χ3v) is 3.31. The monoisotopic (exact) mass is 263 g/mol. The summed E-state index contributed by atoms with van der Waals surface area (Å²) in [6.07, 6.45) is 5.17. The van der Waals surface area contributed by atoms with E-state index in [1.165, 1.54) is 0 Å². The second-order valence-electron chi connectivity index (χ2n) is 4.07. The van der Waals surface area contributed by atoms with Crippen LogP contribution >= 0.6 is 11.8 Å². The van der Waals surface area contributed by atoms with Gasteiger partial charge in [0.05, 0.1) is 0 Å². The van der Waals surface area contributed by atoms with E-state index < -0.39 is 5.51 Å². The number of carbonyl (C=O) groups is 1. The van der Waals surface area contributed by atoms with Crippen molar-refractivity contribution < 1.29 is 18.0 Å². The molecular weight excluding hydrogens is 251 g/mol. The molecule has 0 aromatic carbocycles. The fourth-order valence-electron chi connectivity index (χ4n) is 1.57. The van der Waals surface area contributed by atoms with E-state index in [1.54, 1.807) is 23.0 Å². The molecule has 0 bridgehead atoms. The molecule has 1 fully saturated rings. The van der Waals surface area contributed by atoms with Crippen LogP contribution in [0.2, 0.25) is 0 Å². The Bertz CT molecular complexity index is 409. The van der Waals surface area contributed by atoms with Crippen LogP contribution in [0.25, 0.3) is 0 Å². The number of nitrogens with zero attached hydrogens (tertiary/aromatic N) is 1. The maximum absolute atomic E-state index is 11.9. The van der Waals surface area contributed by atoms with E-state index in [0.29, 0.717) is 5.56 Å². The minimum atomic E-state index is -4.18. The molecular formula is C11H12F3NOS. The van der Waals surface area contributed by atoms with Gasteiger partial charge in [0, 0.05) is 36.2 Å². The molecule has 0 spiro atoms. The number of thioether (sulfide) groups is 1. The lowest BCUT2D eigenvalue weighted by Gasteiger charge is -2.05. The third-order valence-electron chi connectivity index (χ3n) is 2.60. The fourth-order valence-corrected chi connectivity index (χ4v) is 2.11. The maximum Gasteiger partial charge on any atom is 0.441 e. The Balaban J connectivity index is 1.83. The molecule has 1 aliphatic rings. The molecule has 0 saturated heterocycles. The molecule has 1 heterocycles. The first-order chi connectivity index (χ1) is 7.96. The van der Waals surface area contributed by atoms with E-state index in [9.17, 15) is 18.0 Å². The van der Waals surface area contributed by atoms with E-state index in [1.807, 2.05) is 0 Å². The average Bonchev–Trinajstić information content (AvgIpc) is 2.96. The fraction of sp³-hybridized carbons (Fsp3) is 0.545. The molecule has 2 nitrogen and oxygen atoms in total. The van der Waals surface area contributed by atoms with E-state index in [-0.39, 0.29) is 35.8 Å². The third kappa shape index (κ3) is 3.80. The van der Waals surface area contributed by atoms with Gasteiger partial charge in [0.25, 0.3) is 0 Å². The predicted molar refractivity (Wildman–Crippen MR) is 60.0 cm³/mol. The normalized spacial score (nSPS) is 16.2. The van der Waals surface area contributed by atoms with E-state index in [2.05, 4.69) is 0 Å². The molecule has 1 aliphatic carbocycles. The largest absolute Gasteiger partial charge is 0.441 e. The predicted octanol–water partition coefficient (Wildman–Crippen LogP) is 3.33. The Morgan fingerprint density at radius 1 is 1.47 bits per heavy atom. The molecule has 1 aromatic heterocycles. The summed E-state index contributed by atoms with van der Waals surface area (Å²) in [4.78, 5) is 11.7. The second-order valence-corrected chi connectivity index (χ2v) is 5.23. The Morgan fingerprint density at radius 3 is 2.76 bits per heavy atom. The number of hydrogen-bond donors (Lipinski definition) is 0. The topological polar surface area (TPSA) is 22.0 Å². The Hall–Kier alpha value is -0.910. The van der Waals surface area contributed by atoms with Gasteiger partial charge in [-0.2, -0.15) is 13.2 Å². The number of hydrogen-bond acceptors (Lipinski definition) is 2. The van der Waals surface area contributed by atoms with Gasteiger partial charge in [-0.15, -0.1) is 0 Å². The summed E-state index contributed by atoms with van der Waals surface area (Å²) in [6, 6.07) is 1.68. The van der Waals surface area contributed by atoms with Crippen LogP contribution in [-0.4, -0.2) is 21.6 Å². The Labute approximate surface area is 101 Å². The summed E-state index contributed by atoms with van der Waals surface area (Å²) in [5.74, 6) is 0.234. The highest BCUT2D eigenvalue weighted by Gasteiger charge is 2.31. The molecule has 0 atom stereocenters. The molecule has 94 valence electrons. The number of halogens is 3. The first-order valence-electron chi connectivity index (χ1n) is 5.36. The summed E-state index contributed by atoms with van der Waals surface area (Å²) in [6.45, 7) is 0.266. The van der Waals surface area contributed by atoms with Gasteiger partial charge in [0.2, 0.25) is 0 Å². The lowest BCUT2D eigenvalue weighted by molar-refractivity contribution is -0.0328. The van der Waals surface area contributed by atoms with E-state index in [4.69, 9.17) is 0 Å². The van der Waals surface area contributed by atoms with Crippen molar-refractivity contribution >= 4 is 17.5 Å². The summed E-state index contributed by atoms with van der Waals surface area (Å²) in [5.41, 5.74) is -3.57. The molecule has 1 saturated carbocycles.